The Kier molecular flexibility index (Phi) is 4.92. The van der Waals surface area contributed by atoms with Crippen LogP contribution < -0.4 is 11.1 Å². The fraction of sp³-hybridized carbons (Fsp3) is 0.500. The van der Waals surface area contributed by atoms with Gasteiger partial charge in [-0.1, -0.05) is 0 Å². The van der Waals surface area contributed by atoms with Crippen LogP contribution in [0.4, 0.5) is 0 Å². The highest BCUT2D eigenvalue weighted by Gasteiger charge is 2.09. The maximum Gasteiger partial charge on any atom is 0.220 e. The van der Waals surface area contributed by atoms with Gasteiger partial charge in [-0.3, -0.25) is 9.78 Å². The molecule has 16 heavy (non-hydrogen) atoms. The molecule has 1 aromatic rings. The number of carbonyl (C=O) groups is 1. The second-order valence-corrected chi connectivity index (χ2v) is 4.09. The number of aromatic nitrogens is 1. The van der Waals surface area contributed by atoms with Gasteiger partial charge in [0, 0.05) is 24.9 Å². The zero-order chi connectivity index (χ0) is 12.0. The summed E-state index contributed by atoms with van der Waals surface area (Å²) in [5.74, 6) is 0.0432. The Balaban J connectivity index is 2.40. The van der Waals surface area contributed by atoms with Gasteiger partial charge in [-0.15, -0.1) is 0 Å². The third kappa shape index (κ3) is 4.40. The van der Waals surface area contributed by atoms with Crippen LogP contribution in [0, 0.1) is 0 Å². The zero-order valence-corrected chi connectivity index (χ0v) is 9.81. The summed E-state index contributed by atoms with van der Waals surface area (Å²) in [6.45, 7) is 3.86. The summed E-state index contributed by atoms with van der Waals surface area (Å²) in [7, 11) is 0. The first-order valence-electron chi connectivity index (χ1n) is 5.54. The lowest BCUT2D eigenvalue weighted by Crippen LogP contribution is -2.28. The lowest BCUT2D eigenvalue weighted by Gasteiger charge is -2.14. The Morgan fingerprint density at radius 1 is 1.44 bits per heavy atom. The van der Waals surface area contributed by atoms with Crippen LogP contribution in [0.25, 0.3) is 0 Å². The first-order valence-corrected chi connectivity index (χ1v) is 5.54. The van der Waals surface area contributed by atoms with Crippen molar-refractivity contribution in [3.63, 3.8) is 0 Å². The molecular weight excluding hydrogens is 202 g/mol. The van der Waals surface area contributed by atoms with E-state index in [1.807, 2.05) is 26.0 Å². The van der Waals surface area contributed by atoms with Gasteiger partial charge in [0.25, 0.3) is 0 Å². The number of nitrogens with two attached hydrogens (primary N) is 1. The van der Waals surface area contributed by atoms with Gasteiger partial charge in [0.15, 0.2) is 0 Å². The summed E-state index contributed by atoms with van der Waals surface area (Å²) < 4.78 is 0. The van der Waals surface area contributed by atoms with E-state index in [1.54, 1.807) is 12.4 Å². The standard InChI is InChI=1S/C12H19N3O/c1-9(13)3-4-12(16)15-10(2)11-5-7-14-8-6-11/h5-10H,3-4,13H2,1-2H3,(H,15,16). The Labute approximate surface area is 96.3 Å². The molecule has 0 radical (unpaired) electrons. The number of hydrogen-bond acceptors (Lipinski definition) is 3. The number of nitrogens with one attached hydrogen (secondary N) is 1. The average molecular weight is 221 g/mol. The van der Waals surface area contributed by atoms with Gasteiger partial charge < -0.3 is 11.1 Å². The van der Waals surface area contributed by atoms with Gasteiger partial charge in [0.05, 0.1) is 6.04 Å². The Hall–Kier alpha value is -1.42. The first-order chi connectivity index (χ1) is 7.59. The molecule has 0 bridgehead atoms. The van der Waals surface area contributed by atoms with E-state index in [0.29, 0.717) is 6.42 Å². The minimum Gasteiger partial charge on any atom is -0.350 e. The lowest BCUT2D eigenvalue weighted by molar-refractivity contribution is -0.121. The molecule has 1 rings (SSSR count). The highest BCUT2D eigenvalue weighted by Crippen LogP contribution is 2.10. The van der Waals surface area contributed by atoms with E-state index in [9.17, 15) is 4.79 Å². The molecule has 0 saturated heterocycles. The molecule has 0 aromatic carbocycles. The SMILES string of the molecule is CC(N)CCC(=O)NC(C)c1ccncc1. The van der Waals surface area contributed by atoms with E-state index >= 15 is 0 Å². The van der Waals surface area contributed by atoms with Crippen molar-refractivity contribution in [2.45, 2.75) is 38.8 Å². The van der Waals surface area contributed by atoms with E-state index in [2.05, 4.69) is 10.3 Å². The monoisotopic (exact) mass is 221 g/mol. The molecule has 88 valence electrons. The van der Waals surface area contributed by atoms with Crippen molar-refractivity contribution in [3.05, 3.63) is 30.1 Å². The molecule has 1 aromatic heterocycles. The van der Waals surface area contributed by atoms with Crippen LogP contribution in [0.1, 0.15) is 38.3 Å². The van der Waals surface area contributed by atoms with Crippen molar-refractivity contribution in [3.8, 4) is 0 Å². The number of nitrogens with zero attached hydrogens (tertiary/aromatic N) is 1. The minimum atomic E-state index is 0.0172. The van der Waals surface area contributed by atoms with Crippen LogP contribution >= 0.6 is 0 Å². The summed E-state index contributed by atoms with van der Waals surface area (Å²) in [5.41, 5.74) is 6.65. The second-order valence-electron chi connectivity index (χ2n) is 4.09. The molecule has 2 atom stereocenters. The summed E-state index contributed by atoms with van der Waals surface area (Å²) in [5, 5.41) is 2.93. The van der Waals surface area contributed by atoms with Crippen LogP contribution in [0.2, 0.25) is 0 Å². The molecule has 4 nitrogen and oxygen atoms in total. The molecule has 3 N–H and O–H groups in total. The van der Waals surface area contributed by atoms with Crippen LogP contribution in [-0.4, -0.2) is 16.9 Å². The minimum absolute atomic E-state index is 0.0172. The Morgan fingerprint density at radius 2 is 2.06 bits per heavy atom. The second kappa shape index (κ2) is 6.23. The van der Waals surface area contributed by atoms with Crippen LogP contribution in [0.5, 0.6) is 0 Å². The zero-order valence-electron chi connectivity index (χ0n) is 9.81. The van der Waals surface area contributed by atoms with E-state index in [-0.39, 0.29) is 18.0 Å². The quantitative estimate of drug-likeness (QED) is 0.789. The van der Waals surface area contributed by atoms with Crippen LogP contribution in [-0.2, 0) is 4.79 Å². The maximum atomic E-state index is 11.5. The van der Waals surface area contributed by atoms with Gasteiger partial charge in [-0.25, -0.2) is 0 Å². The van der Waals surface area contributed by atoms with Crippen molar-refractivity contribution >= 4 is 5.91 Å². The number of hydrogen-bond donors (Lipinski definition) is 2. The summed E-state index contributed by atoms with van der Waals surface area (Å²) in [6.07, 6.45) is 4.64. The fourth-order valence-corrected chi connectivity index (χ4v) is 1.41. The number of pyridine rings is 1. The van der Waals surface area contributed by atoms with Crippen LogP contribution in [0.15, 0.2) is 24.5 Å². The smallest absolute Gasteiger partial charge is 0.220 e. The lowest BCUT2D eigenvalue weighted by atomic mass is 10.1. The van der Waals surface area contributed by atoms with Crippen molar-refractivity contribution in [1.29, 1.82) is 0 Å². The predicted molar refractivity (Wildman–Crippen MR) is 63.7 cm³/mol. The third-order valence-corrected chi connectivity index (χ3v) is 2.41. The summed E-state index contributed by atoms with van der Waals surface area (Å²) in [4.78, 5) is 15.5. The highest BCUT2D eigenvalue weighted by molar-refractivity contribution is 5.76. The molecule has 0 aliphatic rings. The van der Waals surface area contributed by atoms with Gasteiger partial charge in [-0.05, 0) is 38.0 Å². The Bertz CT molecular complexity index is 324. The molecule has 2 unspecified atom stereocenters. The molecule has 1 amide bonds. The largest absolute Gasteiger partial charge is 0.350 e. The van der Waals surface area contributed by atoms with Crippen molar-refractivity contribution in [2.75, 3.05) is 0 Å². The third-order valence-electron chi connectivity index (χ3n) is 2.41. The van der Waals surface area contributed by atoms with Gasteiger partial charge in [-0.2, -0.15) is 0 Å². The van der Waals surface area contributed by atoms with Crippen molar-refractivity contribution in [2.24, 2.45) is 5.73 Å². The van der Waals surface area contributed by atoms with Crippen molar-refractivity contribution in [1.82, 2.24) is 10.3 Å². The summed E-state index contributed by atoms with van der Waals surface area (Å²) >= 11 is 0. The Morgan fingerprint density at radius 3 is 2.62 bits per heavy atom. The number of carbonyl (C=O) groups excluding carboxylic acids is 1. The molecule has 4 heteroatoms. The normalized spacial score (nSPS) is 14.2. The molecule has 0 saturated carbocycles. The van der Waals surface area contributed by atoms with Gasteiger partial charge in [0.2, 0.25) is 5.91 Å². The number of rotatable bonds is 5. The van der Waals surface area contributed by atoms with E-state index in [1.165, 1.54) is 0 Å². The van der Waals surface area contributed by atoms with Gasteiger partial charge in [0.1, 0.15) is 0 Å². The molecular formula is C12H19N3O. The van der Waals surface area contributed by atoms with E-state index in [0.717, 1.165) is 12.0 Å². The van der Waals surface area contributed by atoms with Crippen LogP contribution in [0.3, 0.4) is 0 Å². The molecule has 0 aliphatic heterocycles. The molecule has 0 spiro atoms. The molecule has 1 heterocycles. The molecule has 0 fully saturated rings. The average Bonchev–Trinajstić information content (AvgIpc) is 2.27. The summed E-state index contributed by atoms with van der Waals surface area (Å²) in [6, 6.07) is 3.89. The number of amides is 1. The van der Waals surface area contributed by atoms with E-state index < -0.39 is 0 Å². The van der Waals surface area contributed by atoms with E-state index in [4.69, 9.17) is 5.73 Å². The first kappa shape index (κ1) is 12.6. The predicted octanol–water partition coefficient (Wildman–Crippen LogP) is 1.39. The maximum absolute atomic E-state index is 11.5. The van der Waals surface area contributed by atoms with Crippen molar-refractivity contribution < 1.29 is 4.79 Å². The topological polar surface area (TPSA) is 68.0 Å². The van der Waals surface area contributed by atoms with Gasteiger partial charge >= 0.3 is 0 Å². The fourth-order valence-electron chi connectivity index (χ4n) is 1.41. The molecule has 0 aliphatic carbocycles. The highest BCUT2D eigenvalue weighted by atomic mass is 16.1.